The van der Waals surface area contributed by atoms with E-state index in [9.17, 15) is 9.59 Å². The van der Waals surface area contributed by atoms with Crippen molar-refractivity contribution in [2.45, 2.75) is 6.54 Å². The number of rotatable bonds is 5. The summed E-state index contributed by atoms with van der Waals surface area (Å²) in [5.41, 5.74) is 1.55. The van der Waals surface area contributed by atoms with E-state index in [0.717, 1.165) is 5.56 Å². The molecule has 2 aromatic carbocycles. The van der Waals surface area contributed by atoms with Crippen molar-refractivity contribution in [2.75, 3.05) is 5.32 Å². The van der Waals surface area contributed by atoms with Crippen molar-refractivity contribution in [1.29, 1.82) is 0 Å². The molecular weight excluding hydrogens is 352 g/mol. The lowest BCUT2D eigenvalue weighted by atomic mass is 10.2. The molecule has 2 N–H and O–H groups in total. The zero-order valence-corrected chi connectivity index (χ0v) is 14.8. The summed E-state index contributed by atoms with van der Waals surface area (Å²) in [5, 5.41) is 10.3. The van der Waals surface area contributed by atoms with Gasteiger partial charge in [-0.15, -0.1) is 0 Å². The molecule has 0 unspecified atom stereocenters. The number of nitrogens with zero attached hydrogens (tertiary/aromatic N) is 2. The molecule has 3 aromatic rings. The third-order valence-corrected chi connectivity index (χ3v) is 4.16. The topological polar surface area (TPSA) is 76.0 Å². The van der Waals surface area contributed by atoms with Gasteiger partial charge in [-0.3, -0.25) is 14.3 Å². The Bertz CT molecular complexity index is 938. The number of aromatic nitrogens is 2. The smallest absolute Gasteiger partial charge is 0.272 e. The molecule has 1 heterocycles. The summed E-state index contributed by atoms with van der Waals surface area (Å²) in [4.78, 5) is 24.5. The van der Waals surface area contributed by atoms with E-state index in [0.29, 0.717) is 22.9 Å². The van der Waals surface area contributed by atoms with E-state index in [2.05, 4.69) is 15.7 Å². The highest BCUT2D eigenvalue weighted by atomic mass is 35.5. The van der Waals surface area contributed by atoms with Gasteiger partial charge in [0.2, 0.25) is 0 Å². The molecule has 0 aliphatic rings. The SMILES string of the molecule is Cn1nc(C(=O)NCc2ccccc2Cl)cc1NC(=O)c1ccccc1. The minimum Gasteiger partial charge on any atom is -0.347 e. The van der Waals surface area contributed by atoms with Gasteiger partial charge in [0.05, 0.1) is 0 Å². The monoisotopic (exact) mass is 368 g/mol. The van der Waals surface area contributed by atoms with Crippen LogP contribution in [0.15, 0.2) is 60.7 Å². The quantitative estimate of drug-likeness (QED) is 0.725. The lowest BCUT2D eigenvalue weighted by molar-refractivity contribution is 0.0944. The van der Waals surface area contributed by atoms with Crippen LogP contribution >= 0.6 is 11.6 Å². The van der Waals surface area contributed by atoms with E-state index < -0.39 is 0 Å². The fourth-order valence-corrected chi connectivity index (χ4v) is 2.58. The van der Waals surface area contributed by atoms with Crippen LogP contribution in [0.25, 0.3) is 0 Å². The molecule has 0 spiro atoms. The highest BCUT2D eigenvalue weighted by molar-refractivity contribution is 6.31. The van der Waals surface area contributed by atoms with Crippen LogP contribution in [-0.2, 0) is 13.6 Å². The number of nitrogens with one attached hydrogen (secondary N) is 2. The Labute approximate surface area is 155 Å². The molecule has 0 saturated carbocycles. The number of halogens is 1. The van der Waals surface area contributed by atoms with Crippen molar-refractivity contribution in [3.05, 3.63) is 82.5 Å². The van der Waals surface area contributed by atoms with Crippen molar-refractivity contribution in [3.63, 3.8) is 0 Å². The minimum absolute atomic E-state index is 0.211. The first-order chi connectivity index (χ1) is 12.5. The van der Waals surface area contributed by atoms with Gasteiger partial charge < -0.3 is 10.6 Å². The highest BCUT2D eigenvalue weighted by Gasteiger charge is 2.15. The number of carbonyl (C=O) groups is 2. The zero-order valence-electron chi connectivity index (χ0n) is 14.1. The van der Waals surface area contributed by atoms with Crippen molar-refractivity contribution in [2.24, 2.45) is 7.05 Å². The van der Waals surface area contributed by atoms with E-state index >= 15 is 0 Å². The zero-order chi connectivity index (χ0) is 18.5. The summed E-state index contributed by atoms with van der Waals surface area (Å²) >= 11 is 6.08. The van der Waals surface area contributed by atoms with Gasteiger partial charge in [0, 0.05) is 30.2 Å². The fraction of sp³-hybridized carbons (Fsp3) is 0.105. The third-order valence-electron chi connectivity index (χ3n) is 3.79. The van der Waals surface area contributed by atoms with Gasteiger partial charge in [0.25, 0.3) is 11.8 Å². The van der Waals surface area contributed by atoms with Gasteiger partial charge >= 0.3 is 0 Å². The van der Waals surface area contributed by atoms with Crippen LogP contribution in [0.2, 0.25) is 5.02 Å². The summed E-state index contributed by atoms with van der Waals surface area (Å²) in [6, 6.07) is 17.6. The summed E-state index contributed by atoms with van der Waals surface area (Å²) in [7, 11) is 1.66. The predicted molar refractivity (Wildman–Crippen MR) is 100 cm³/mol. The second-order valence-electron chi connectivity index (χ2n) is 5.63. The number of anilines is 1. The summed E-state index contributed by atoms with van der Waals surface area (Å²) in [5.74, 6) is -0.181. The van der Waals surface area contributed by atoms with Crippen LogP contribution in [0.4, 0.5) is 5.82 Å². The molecule has 0 aliphatic heterocycles. The van der Waals surface area contributed by atoms with Gasteiger partial charge in [0.1, 0.15) is 5.82 Å². The third kappa shape index (κ3) is 4.10. The predicted octanol–water partition coefficient (Wildman–Crippen LogP) is 3.26. The van der Waals surface area contributed by atoms with E-state index in [-0.39, 0.29) is 17.5 Å². The molecule has 3 rings (SSSR count). The lowest BCUT2D eigenvalue weighted by Crippen LogP contribution is -2.23. The van der Waals surface area contributed by atoms with E-state index in [1.54, 1.807) is 37.4 Å². The van der Waals surface area contributed by atoms with E-state index in [1.165, 1.54) is 10.7 Å². The number of amides is 2. The second-order valence-corrected chi connectivity index (χ2v) is 6.04. The van der Waals surface area contributed by atoms with E-state index in [4.69, 9.17) is 11.6 Å². The highest BCUT2D eigenvalue weighted by Crippen LogP contribution is 2.15. The summed E-state index contributed by atoms with van der Waals surface area (Å²) < 4.78 is 1.45. The fourth-order valence-electron chi connectivity index (χ4n) is 2.38. The van der Waals surface area contributed by atoms with Gasteiger partial charge in [0.15, 0.2) is 5.69 Å². The Kier molecular flexibility index (Phi) is 5.34. The number of hydrogen-bond acceptors (Lipinski definition) is 3. The number of aryl methyl sites for hydroxylation is 1. The van der Waals surface area contributed by atoms with E-state index in [1.807, 2.05) is 24.3 Å². The average molecular weight is 369 g/mol. The summed E-state index contributed by atoms with van der Waals surface area (Å²) in [6.07, 6.45) is 0. The molecule has 1 aromatic heterocycles. The summed E-state index contributed by atoms with van der Waals surface area (Å²) in [6.45, 7) is 0.292. The van der Waals surface area contributed by atoms with Gasteiger partial charge in [-0.25, -0.2) is 0 Å². The van der Waals surface area contributed by atoms with Crippen molar-refractivity contribution >= 4 is 29.2 Å². The Balaban J connectivity index is 1.66. The van der Waals surface area contributed by atoms with Crippen molar-refractivity contribution in [1.82, 2.24) is 15.1 Å². The molecule has 0 radical (unpaired) electrons. The minimum atomic E-state index is -0.347. The number of carbonyl (C=O) groups excluding carboxylic acids is 2. The largest absolute Gasteiger partial charge is 0.347 e. The Hall–Kier alpha value is -3.12. The van der Waals surface area contributed by atoms with Crippen molar-refractivity contribution < 1.29 is 9.59 Å². The second kappa shape index (κ2) is 7.84. The normalized spacial score (nSPS) is 10.4. The molecule has 0 saturated heterocycles. The number of hydrogen-bond donors (Lipinski definition) is 2. The lowest BCUT2D eigenvalue weighted by Gasteiger charge is -2.05. The molecule has 132 valence electrons. The van der Waals surface area contributed by atoms with Gasteiger partial charge in [-0.2, -0.15) is 5.10 Å². The van der Waals surface area contributed by atoms with Crippen LogP contribution in [0.5, 0.6) is 0 Å². The Morgan fingerprint density at radius 1 is 1.04 bits per heavy atom. The Morgan fingerprint density at radius 2 is 1.73 bits per heavy atom. The molecule has 6 nitrogen and oxygen atoms in total. The molecule has 0 atom stereocenters. The maximum absolute atomic E-state index is 12.3. The number of benzene rings is 2. The van der Waals surface area contributed by atoms with Crippen LogP contribution in [0.1, 0.15) is 26.4 Å². The maximum atomic E-state index is 12.3. The molecular formula is C19H17ClN4O2. The van der Waals surface area contributed by atoms with Crippen molar-refractivity contribution in [3.8, 4) is 0 Å². The first-order valence-electron chi connectivity index (χ1n) is 7.96. The molecule has 7 heteroatoms. The van der Waals surface area contributed by atoms with Crippen LogP contribution < -0.4 is 10.6 Å². The molecule has 26 heavy (non-hydrogen) atoms. The van der Waals surface area contributed by atoms with Gasteiger partial charge in [-0.05, 0) is 23.8 Å². The standard InChI is InChI=1S/C19H17ClN4O2/c1-24-17(22-18(25)13-7-3-2-4-8-13)11-16(23-24)19(26)21-12-14-9-5-6-10-15(14)20/h2-11H,12H2,1H3,(H,21,26)(H,22,25). The molecule has 0 aliphatic carbocycles. The maximum Gasteiger partial charge on any atom is 0.272 e. The Morgan fingerprint density at radius 3 is 2.46 bits per heavy atom. The van der Waals surface area contributed by atoms with Gasteiger partial charge in [-0.1, -0.05) is 48.0 Å². The van der Waals surface area contributed by atoms with Crippen LogP contribution in [0, 0.1) is 0 Å². The molecule has 0 bridgehead atoms. The van der Waals surface area contributed by atoms with Crippen LogP contribution in [0.3, 0.4) is 0 Å². The molecule has 2 amide bonds. The molecule has 0 fully saturated rings. The first-order valence-corrected chi connectivity index (χ1v) is 8.34. The first kappa shape index (κ1) is 17.7. The van der Waals surface area contributed by atoms with Crippen LogP contribution in [-0.4, -0.2) is 21.6 Å². The average Bonchev–Trinajstić information content (AvgIpc) is 3.02.